The van der Waals surface area contributed by atoms with E-state index in [1.165, 1.54) is 38.5 Å². The molecule has 2 aliphatic rings. The lowest BCUT2D eigenvalue weighted by Crippen LogP contribution is -2.39. The van der Waals surface area contributed by atoms with E-state index in [4.69, 9.17) is 4.74 Å². The van der Waals surface area contributed by atoms with E-state index in [0.29, 0.717) is 11.5 Å². The van der Waals surface area contributed by atoms with Crippen molar-refractivity contribution in [1.29, 1.82) is 0 Å². The zero-order valence-electron chi connectivity index (χ0n) is 10.2. The summed E-state index contributed by atoms with van der Waals surface area (Å²) in [5.74, 6) is 0. The molecule has 1 atom stereocenters. The summed E-state index contributed by atoms with van der Waals surface area (Å²) < 4.78 is 5.62. The van der Waals surface area contributed by atoms with Gasteiger partial charge in [-0.2, -0.15) is 0 Å². The molecule has 1 heterocycles. The third kappa shape index (κ3) is 3.46. The molecule has 1 saturated heterocycles. The lowest BCUT2D eigenvalue weighted by Gasteiger charge is -2.35. The fraction of sp³-hybridized carbons (Fsp3) is 1.00. The number of hydrogen-bond acceptors (Lipinski definition) is 2. The van der Waals surface area contributed by atoms with E-state index in [2.05, 4.69) is 19.2 Å². The van der Waals surface area contributed by atoms with Gasteiger partial charge in [0.2, 0.25) is 0 Å². The van der Waals surface area contributed by atoms with Gasteiger partial charge < -0.3 is 10.1 Å². The molecule has 2 rings (SSSR count). The van der Waals surface area contributed by atoms with Crippen molar-refractivity contribution in [2.24, 2.45) is 5.41 Å². The Kier molecular flexibility index (Phi) is 3.68. The number of rotatable bonds is 3. The van der Waals surface area contributed by atoms with Crippen molar-refractivity contribution in [3.8, 4) is 0 Å². The molecule has 0 bridgehead atoms. The van der Waals surface area contributed by atoms with Gasteiger partial charge in [-0.1, -0.05) is 13.8 Å². The van der Waals surface area contributed by atoms with Crippen LogP contribution in [0.1, 0.15) is 52.4 Å². The van der Waals surface area contributed by atoms with E-state index in [1.54, 1.807) is 0 Å². The van der Waals surface area contributed by atoms with E-state index in [1.807, 2.05) is 0 Å². The first kappa shape index (κ1) is 11.4. The molecule has 0 unspecified atom stereocenters. The van der Waals surface area contributed by atoms with E-state index in [9.17, 15) is 0 Å². The molecule has 0 spiro atoms. The van der Waals surface area contributed by atoms with Crippen molar-refractivity contribution < 1.29 is 4.74 Å². The second-order valence-corrected chi connectivity index (χ2v) is 5.98. The minimum Gasteiger partial charge on any atom is -0.377 e. The largest absolute Gasteiger partial charge is 0.377 e. The molecule has 0 aromatic heterocycles. The first-order valence-electron chi connectivity index (χ1n) is 6.51. The molecular formula is C13H25NO. The summed E-state index contributed by atoms with van der Waals surface area (Å²) in [7, 11) is 0. The van der Waals surface area contributed by atoms with Crippen LogP contribution in [0.5, 0.6) is 0 Å². The minimum absolute atomic E-state index is 0.500. The first-order chi connectivity index (χ1) is 7.16. The SMILES string of the molecule is CC1(C)CCC(NC[C@H]2CCCO2)CC1. The molecule has 15 heavy (non-hydrogen) atoms. The highest BCUT2D eigenvalue weighted by atomic mass is 16.5. The van der Waals surface area contributed by atoms with Crippen LogP contribution in [-0.4, -0.2) is 25.3 Å². The molecule has 1 saturated carbocycles. The molecule has 1 N–H and O–H groups in total. The van der Waals surface area contributed by atoms with Crippen LogP contribution in [0.2, 0.25) is 0 Å². The van der Waals surface area contributed by atoms with Gasteiger partial charge in [-0.3, -0.25) is 0 Å². The van der Waals surface area contributed by atoms with Gasteiger partial charge in [-0.15, -0.1) is 0 Å². The van der Waals surface area contributed by atoms with Crippen LogP contribution in [0, 0.1) is 5.41 Å². The van der Waals surface area contributed by atoms with Crippen LogP contribution in [0.25, 0.3) is 0 Å². The maximum Gasteiger partial charge on any atom is 0.0700 e. The van der Waals surface area contributed by atoms with Crippen molar-refractivity contribution in [1.82, 2.24) is 5.32 Å². The van der Waals surface area contributed by atoms with Gasteiger partial charge in [0.25, 0.3) is 0 Å². The molecule has 2 fully saturated rings. The zero-order chi connectivity index (χ0) is 10.7. The second kappa shape index (κ2) is 4.84. The average Bonchev–Trinajstić information content (AvgIpc) is 2.69. The van der Waals surface area contributed by atoms with Gasteiger partial charge >= 0.3 is 0 Å². The fourth-order valence-electron chi connectivity index (χ4n) is 2.71. The zero-order valence-corrected chi connectivity index (χ0v) is 10.2. The summed E-state index contributed by atoms with van der Waals surface area (Å²) in [4.78, 5) is 0. The number of ether oxygens (including phenoxy) is 1. The molecule has 0 aromatic rings. The molecule has 0 amide bonds. The van der Waals surface area contributed by atoms with Crippen molar-refractivity contribution in [3.05, 3.63) is 0 Å². The highest BCUT2D eigenvalue weighted by Crippen LogP contribution is 2.34. The van der Waals surface area contributed by atoms with E-state index >= 15 is 0 Å². The number of hydrogen-bond donors (Lipinski definition) is 1. The average molecular weight is 211 g/mol. The van der Waals surface area contributed by atoms with E-state index in [-0.39, 0.29) is 0 Å². The van der Waals surface area contributed by atoms with Gasteiger partial charge in [0.05, 0.1) is 6.10 Å². The normalized spacial score (nSPS) is 32.0. The predicted octanol–water partition coefficient (Wildman–Crippen LogP) is 2.72. The summed E-state index contributed by atoms with van der Waals surface area (Å²) in [5.41, 5.74) is 0.585. The van der Waals surface area contributed by atoms with Crippen LogP contribution in [0.4, 0.5) is 0 Å². The van der Waals surface area contributed by atoms with Crippen LogP contribution in [0.3, 0.4) is 0 Å². The van der Waals surface area contributed by atoms with Gasteiger partial charge in [-0.25, -0.2) is 0 Å². The monoisotopic (exact) mass is 211 g/mol. The molecule has 0 aromatic carbocycles. The maximum atomic E-state index is 5.62. The minimum atomic E-state index is 0.500. The molecule has 2 heteroatoms. The smallest absolute Gasteiger partial charge is 0.0700 e. The van der Waals surface area contributed by atoms with Crippen molar-refractivity contribution in [2.45, 2.75) is 64.5 Å². The van der Waals surface area contributed by atoms with Crippen LogP contribution >= 0.6 is 0 Å². The number of nitrogens with one attached hydrogen (secondary N) is 1. The van der Waals surface area contributed by atoms with Crippen molar-refractivity contribution in [2.75, 3.05) is 13.2 Å². The van der Waals surface area contributed by atoms with Gasteiger partial charge in [0.1, 0.15) is 0 Å². The first-order valence-corrected chi connectivity index (χ1v) is 6.51. The predicted molar refractivity (Wildman–Crippen MR) is 63.0 cm³/mol. The summed E-state index contributed by atoms with van der Waals surface area (Å²) in [6, 6.07) is 0.752. The Morgan fingerprint density at radius 2 is 1.93 bits per heavy atom. The topological polar surface area (TPSA) is 21.3 Å². The van der Waals surface area contributed by atoms with Crippen molar-refractivity contribution in [3.63, 3.8) is 0 Å². The summed E-state index contributed by atoms with van der Waals surface area (Å²) in [6.45, 7) is 6.84. The Bertz CT molecular complexity index is 187. The molecule has 2 nitrogen and oxygen atoms in total. The molecule has 1 aliphatic carbocycles. The Morgan fingerprint density at radius 1 is 1.20 bits per heavy atom. The van der Waals surface area contributed by atoms with Crippen LogP contribution in [-0.2, 0) is 4.74 Å². The Balaban J connectivity index is 1.64. The maximum absolute atomic E-state index is 5.62. The Labute approximate surface area is 93.8 Å². The van der Waals surface area contributed by atoms with Gasteiger partial charge in [-0.05, 0) is 43.9 Å². The highest BCUT2D eigenvalue weighted by molar-refractivity contribution is 4.83. The molecular weight excluding hydrogens is 186 g/mol. The summed E-state index contributed by atoms with van der Waals surface area (Å²) >= 11 is 0. The van der Waals surface area contributed by atoms with Gasteiger partial charge in [0, 0.05) is 19.2 Å². The fourth-order valence-corrected chi connectivity index (χ4v) is 2.71. The summed E-state index contributed by atoms with van der Waals surface area (Å²) in [5, 5.41) is 3.68. The Hall–Kier alpha value is -0.0800. The van der Waals surface area contributed by atoms with Gasteiger partial charge in [0.15, 0.2) is 0 Å². The summed E-state index contributed by atoms with van der Waals surface area (Å²) in [6.07, 6.45) is 8.45. The standard InChI is InChI=1S/C13H25NO/c1-13(2)7-5-11(6-8-13)14-10-12-4-3-9-15-12/h11-12,14H,3-10H2,1-2H3/t12-/m1/s1. The third-order valence-electron chi connectivity index (χ3n) is 4.00. The Morgan fingerprint density at radius 3 is 2.53 bits per heavy atom. The highest BCUT2D eigenvalue weighted by Gasteiger charge is 2.27. The van der Waals surface area contributed by atoms with Crippen molar-refractivity contribution >= 4 is 0 Å². The quantitative estimate of drug-likeness (QED) is 0.775. The molecule has 1 aliphatic heterocycles. The lowest BCUT2D eigenvalue weighted by atomic mass is 9.75. The van der Waals surface area contributed by atoms with E-state index in [0.717, 1.165) is 19.2 Å². The second-order valence-electron chi connectivity index (χ2n) is 5.98. The molecule has 88 valence electrons. The van der Waals surface area contributed by atoms with Crippen LogP contribution in [0.15, 0.2) is 0 Å². The molecule has 0 radical (unpaired) electrons. The lowest BCUT2D eigenvalue weighted by molar-refractivity contribution is 0.102. The van der Waals surface area contributed by atoms with Crippen LogP contribution < -0.4 is 5.32 Å². The van der Waals surface area contributed by atoms with E-state index < -0.39 is 0 Å². The third-order valence-corrected chi connectivity index (χ3v) is 4.00.